The number of hydrogen-bond acceptors (Lipinski definition) is 4. The van der Waals surface area contributed by atoms with E-state index in [9.17, 15) is 4.79 Å². The molecule has 162 valence electrons. The molecular weight excluding hydrogens is 390 g/mol. The zero-order chi connectivity index (χ0) is 21.9. The topological polar surface area (TPSA) is 56.8 Å². The van der Waals surface area contributed by atoms with Crippen molar-refractivity contribution in [3.63, 3.8) is 0 Å². The lowest BCUT2D eigenvalue weighted by Gasteiger charge is -2.13. The summed E-state index contributed by atoms with van der Waals surface area (Å²) in [4.78, 5) is 12.7. The van der Waals surface area contributed by atoms with Crippen molar-refractivity contribution in [2.75, 3.05) is 18.5 Å². The number of amides is 1. The lowest BCUT2D eigenvalue weighted by atomic mass is 10.1. The van der Waals surface area contributed by atoms with Crippen LogP contribution in [0.15, 0.2) is 72.8 Å². The molecule has 3 rings (SSSR count). The second kappa shape index (κ2) is 11.8. The van der Waals surface area contributed by atoms with Gasteiger partial charge in [0.05, 0.1) is 13.2 Å². The highest BCUT2D eigenvalue weighted by Gasteiger charge is 2.11. The van der Waals surface area contributed by atoms with Gasteiger partial charge in [-0.15, -0.1) is 0 Å². The Morgan fingerprint density at radius 2 is 1.65 bits per heavy atom. The highest BCUT2D eigenvalue weighted by atomic mass is 16.5. The van der Waals surface area contributed by atoms with E-state index in [4.69, 9.17) is 14.2 Å². The molecule has 0 saturated heterocycles. The van der Waals surface area contributed by atoms with E-state index < -0.39 is 0 Å². The molecule has 0 fully saturated rings. The number of benzene rings is 3. The Labute approximate surface area is 184 Å². The first-order valence-corrected chi connectivity index (χ1v) is 10.6. The highest BCUT2D eigenvalue weighted by molar-refractivity contribution is 6.04. The summed E-state index contributed by atoms with van der Waals surface area (Å²) < 4.78 is 17.1. The van der Waals surface area contributed by atoms with Gasteiger partial charge in [0.2, 0.25) is 0 Å². The molecule has 0 aliphatic carbocycles. The van der Waals surface area contributed by atoms with Crippen molar-refractivity contribution in [3.8, 4) is 11.5 Å². The van der Waals surface area contributed by atoms with Gasteiger partial charge in [0.1, 0.15) is 18.1 Å². The van der Waals surface area contributed by atoms with Gasteiger partial charge in [-0.25, -0.2) is 0 Å². The molecule has 5 nitrogen and oxygen atoms in total. The standard InChI is InChI=1S/C26H29NO4/c1-3-16-29-19-22-17-21(10-15-25(22)30-4-2)26(28)27-23-11-13-24(14-12-23)31-18-20-8-6-5-7-9-20/h5-15,17H,3-4,16,18-19H2,1-2H3,(H,27,28). The molecule has 0 unspecified atom stereocenters. The van der Waals surface area contributed by atoms with Crippen molar-refractivity contribution >= 4 is 11.6 Å². The first kappa shape index (κ1) is 22.4. The normalized spacial score (nSPS) is 10.5. The third kappa shape index (κ3) is 6.86. The van der Waals surface area contributed by atoms with Gasteiger partial charge in [0, 0.05) is 23.4 Å². The second-order valence-corrected chi connectivity index (χ2v) is 7.06. The van der Waals surface area contributed by atoms with Crippen LogP contribution in [0.2, 0.25) is 0 Å². The van der Waals surface area contributed by atoms with Crippen LogP contribution < -0.4 is 14.8 Å². The molecule has 3 aromatic rings. The molecule has 0 atom stereocenters. The van der Waals surface area contributed by atoms with E-state index in [0.717, 1.165) is 29.0 Å². The SMILES string of the molecule is CCCOCc1cc(C(=O)Nc2ccc(OCc3ccccc3)cc2)ccc1OCC. The number of carbonyl (C=O) groups excluding carboxylic acids is 1. The molecular formula is C26H29NO4. The van der Waals surface area contributed by atoms with Crippen molar-refractivity contribution in [2.45, 2.75) is 33.5 Å². The Balaban J connectivity index is 1.61. The average Bonchev–Trinajstić information content (AvgIpc) is 2.80. The lowest BCUT2D eigenvalue weighted by Crippen LogP contribution is -2.13. The van der Waals surface area contributed by atoms with Crippen molar-refractivity contribution in [2.24, 2.45) is 0 Å². The summed E-state index contributed by atoms with van der Waals surface area (Å²) in [7, 11) is 0. The van der Waals surface area contributed by atoms with Gasteiger partial charge in [-0.2, -0.15) is 0 Å². The maximum absolute atomic E-state index is 12.7. The molecule has 0 radical (unpaired) electrons. The van der Waals surface area contributed by atoms with Gasteiger partial charge in [0.25, 0.3) is 5.91 Å². The predicted octanol–water partition coefficient (Wildman–Crippen LogP) is 5.84. The monoisotopic (exact) mass is 419 g/mol. The van der Waals surface area contributed by atoms with Gasteiger partial charge in [0.15, 0.2) is 0 Å². The largest absolute Gasteiger partial charge is 0.494 e. The first-order valence-electron chi connectivity index (χ1n) is 10.6. The molecule has 31 heavy (non-hydrogen) atoms. The summed E-state index contributed by atoms with van der Waals surface area (Å²) in [5.41, 5.74) is 3.24. The lowest BCUT2D eigenvalue weighted by molar-refractivity contribution is 0.102. The Morgan fingerprint density at radius 3 is 2.35 bits per heavy atom. The molecule has 0 spiro atoms. The van der Waals surface area contributed by atoms with Crippen molar-refractivity contribution in [1.82, 2.24) is 0 Å². The van der Waals surface area contributed by atoms with Gasteiger partial charge >= 0.3 is 0 Å². The van der Waals surface area contributed by atoms with Crippen LogP contribution in [-0.2, 0) is 18.0 Å². The van der Waals surface area contributed by atoms with E-state index in [1.807, 2.05) is 73.7 Å². The number of carbonyl (C=O) groups is 1. The van der Waals surface area contributed by atoms with E-state index >= 15 is 0 Å². The molecule has 0 aliphatic heterocycles. The Bertz CT molecular complexity index is 955. The van der Waals surface area contributed by atoms with Gasteiger partial charge in [-0.05, 0) is 61.4 Å². The third-order valence-electron chi connectivity index (χ3n) is 4.59. The molecule has 0 saturated carbocycles. The van der Waals surface area contributed by atoms with Gasteiger partial charge in [-0.1, -0.05) is 37.3 Å². The summed E-state index contributed by atoms with van der Waals surface area (Å²) in [5, 5.41) is 2.93. The smallest absolute Gasteiger partial charge is 0.255 e. The number of hydrogen-bond donors (Lipinski definition) is 1. The van der Waals surface area contributed by atoms with Crippen LogP contribution in [0.3, 0.4) is 0 Å². The summed E-state index contributed by atoms with van der Waals surface area (Å²) in [5.74, 6) is 1.31. The fourth-order valence-electron chi connectivity index (χ4n) is 3.03. The number of nitrogens with one attached hydrogen (secondary N) is 1. The zero-order valence-corrected chi connectivity index (χ0v) is 18.1. The summed E-state index contributed by atoms with van der Waals surface area (Å²) >= 11 is 0. The minimum atomic E-state index is -0.183. The van der Waals surface area contributed by atoms with Gasteiger partial charge < -0.3 is 19.5 Å². The first-order chi connectivity index (χ1) is 15.2. The van der Waals surface area contributed by atoms with Crippen LogP contribution >= 0.6 is 0 Å². The van der Waals surface area contributed by atoms with Crippen molar-refractivity contribution < 1.29 is 19.0 Å². The fourth-order valence-corrected chi connectivity index (χ4v) is 3.03. The van der Waals surface area contributed by atoms with E-state index in [1.54, 1.807) is 6.07 Å². The minimum Gasteiger partial charge on any atom is -0.494 e. The van der Waals surface area contributed by atoms with Crippen LogP contribution in [0, 0.1) is 0 Å². The third-order valence-corrected chi connectivity index (χ3v) is 4.59. The van der Waals surface area contributed by atoms with E-state index in [-0.39, 0.29) is 5.91 Å². The molecule has 0 heterocycles. The van der Waals surface area contributed by atoms with Crippen LogP contribution in [-0.4, -0.2) is 19.1 Å². The number of ether oxygens (including phenoxy) is 3. The maximum Gasteiger partial charge on any atom is 0.255 e. The zero-order valence-electron chi connectivity index (χ0n) is 18.1. The maximum atomic E-state index is 12.7. The molecule has 0 bridgehead atoms. The second-order valence-electron chi connectivity index (χ2n) is 7.06. The molecule has 0 aliphatic rings. The average molecular weight is 420 g/mol. The van der Waals surface area contributed by atoms with Gasteiger partial charge in [-0.3, -0.25) is 4.79 Å². The van der Waals surface area contributed by atoms with Crippen molar-refractivity contribution in [3.05, 3.63) is 89.5 Å². The highest BCUT2D eigenvalue weighted by Crippen LogP contribution is 2.23. The van der Waals surface area contributed by atoms with E-state index in [0.29, 0.717) is 37.7 Å². The molecule has 1 N–H and O–H groups in total. The van der Waals surface area contributed by atoms with E-state index in [1.165, 1.54) is 0 Å². The fraction of sp³-hybridized carbons (Fsp3) is 0.269. The Morgan fingerprint density at radius 1 is 0.871 bits per heavy atom. The Kier molecular flexibility index (Phi) is 8.49. The molecule has 5 heteroatoms. The van der Waals surface area contributed by atoms with Crippen LogP contribution in [0.1, 0.15) is 41.8 Å². The van der Waals surface area contributed by atoms with Crippen LogP contribution in [0.5, 0.6) is 11.5 Å². The molecule has 0 aromatic heterocycles. The summed E-state index contributed by atoms with van der Waals surface area (Å²) in [6.07, 6.45) is 0.940. The van der Waals surface area contributed by atoms with Crippen LogP contribution in [0.25, 0.3) is 0 Å². The van der Waals surface area contributed by atoms with Crippen molar-refractivity contribution in [1.29, 1.82) is 0 Å². The number of anilines is 1. The van der Waals surface area contributed by atoms with E-state index in [2.05, 4.69) is 12.2 Å². The summed E-state index contributed by atoms with van der Waals surface area (Å²) in [6.45, 7) is 6.14. The quantitative estimate of drug-likeness (QED) is 0.397. The molecule has 1 amide bonds. The minimum absolute atomic E-state index is 0.183. The molecule has 3 aromatic carbocycles. The van der Waals surface area contributed by atoms with Crippen LogP contribution in [0.4, 0.5) is 5.69 Å². The number of rotatable bonds is 11. The predicted molar refractivity (Wildman–Crippen MR) is 123 cm³/mol. The summed E-state index contributed by atoms with van der Waals surface area (Å²) in [6, 6.07) is 22.8. The Hall–Kier alpha value is -3.31.